The minimum Gasteiger partial charge on any atom is -0.0993 e. The second-order valence-electron chi connectivity index (χ2n) is 4.26. The molecule has 0 aliphatic carbocycles. The van der Waals surface area contributed by atoms with Crippen LogP contribution in [0, 0.1) is 17.8 Å². The highest BCUT2D eigenvalue weighted by molar-refractivity contribution is 5.01. The van der Waals surface area contributed by atoms with Gasteiger partial charge in [0.05, 0.1) is 0 Å². The maximum atomic E-state index is 4.11. The van der Waals surface area contributed by atoms with Gasteiger partial charge in [0.25, 0.3) is 0 Å². The van der Waals surface area contributed by atoms with E-state index in [1.54, 1.807) is 0 Å². The maximum absolute atomic E-state index is 4.11. The Hall–Kier alpha value is -0.260. The van der Waals surface area contributed by atoms with E-state index in [2.05, 4.69) is 41.2 Å². The summed E-state index contributed by atoms with van der Waals surface area (Å²) in [6.45, 7) is 15.4. The lowest BCUT2D eigenvalue weighted by molar-refractivity contribution is 0.458. The van der Waals surface area contributed by atoms with Gasteiger partial charge in [-0.05, 0) is 24.2 Å². The van der Waals surface area contributed by atoms with Crippen LogP contribution in [0.4, 0.5) is 0 Å². The molecular formula is C11H22. The summed E-state index contributed by atoms with van der Waals surface area (Å²) in [4.78, 5) is 0. The van der Waals surface area contributed by atoms with E-state index < -0.39 is 0 Å². The van der Waals surface area contributed by atoms with Gasteiger partial charge in [-0.2, -0.15) is 0 Å². The standard InChI is InChI=1S/C11H22/c1-8(2)7-10(5)11(6)9(3)4/h8-10H,6-7H2,1-5H3. The van der Waals surface area contributed by atoms with Gasteiger partial charge < -0.3 is 0 Å². The van der Waals surface area contributed by atoms with Crippen LogP contribution in [0.3, 0.4) is 0 Å². The zero-order chi connectivity index (χ0) is 9.02. The van der Waals surface area contributed by atoms with E-state index in [0.29, 0.717) is 11.8 Å². The predicted octanol–water partition coefficient (Wildman–Crippen LogP) is 3.88. The first-order chi connectivity index (χ1) is 4.95. The van der Waals surface area contributed by atoms with Crippen LogP contribution in [0.15, 0.2) is 12.2 Å². The van der Waals surface area contributed by atoms with Crippen LogP contribution in [-0.4, -0.2) is 0 Å². The van der Waals surface area contributed by atoms with Gasteiger partial charge >= 0.3 is 0 Å². The maximum Gasteiger partial charge on any atom is -0.0229 e. The monoisotopic (exact) mass is 154 g/mol. The summed E-state index contributed by atoms with van der Waals surface area (Å²) in [6, 6.07) is 0. The SMILES string of the molecule is C=C(C(C)C)C(C)CC(C)C. The van der Waals surface area contributed by atoms with Crippen LogP contribution in [0.2, 0.25) is 0 Å². The molecule has 0 aromatic carbocycles. The number of hydrogen-bond acceptors (Lipinski definition) is 0. The molecule has 0 amide bonds. The van der Waals surface area contributed by atoms with Gasteiger partial charge in [0.15, 0.2) is 0 Å². The lowest BCUT2D eigenvalue weighted by atomic mass is 9.87. The summed E-state index contributed by atoms with van der Waals surface area (Å²) in [5, 5.41) is 0. The predicted molar refractivity (Wildman–Crippen MR) is 52.6 cm³/mol. The Labute approximate surface area is 71.7 Å². The third-order valence-electron chi connectivity index (χ3n) is 2.20. The fourth-order valence-corrected chi connectivity index (χ4v) is 1.43. The Balaban J connectivity index is 3.83. The van der Waals surface area contributed by atoms with Crippen LogP contribution in [0.1, 0.15) is 41.0 Å². The molecule has 0 aromatic heterocycles. The lowest BCUT2D eigenvalue weighted by Gasteiger charge is -2.19. The zero-order valence-electron chi connectivity index (χ0n) is 8.65. The second kappa shape index (κ2) is 4.58. The van der Waals surface area contributed by atoms with Gasteiger partial charge in [0, 0.05) is 0 Å². The molecule has 0 aromatic rings. The van der Waals surface area contributed by atoms with E-state index in [1.807, 2.05) is 0 Å². The molecule has 0 spiro atoms. The summed E-state index contributed by atoms with van der Waals surface area (Å²) in [5.74, 6) is 2.12. The molecule has 0 N–H and O–H groups in total. The molecule has 1 unspecified atom stereocenters. The van der Waals surface area contributed by atoms with E-state index in [9.17, 15) is 0 Å². The van der Waals surface area contributed by atoms with Crippen molar-refractivity contribution in [2.75, 3.05) is 0 Å². The van der Waals surface area contributed by atoms with E-state index in [-0.39, 0.29) is 0 Å². The summed E-state index contributed by atoms with van der Waals surface area (Å²) >= 11 is 0. The summed E-state index contributed by atoms with van der Waals surface area (Å²) < 4.78 is 0. The smallest absolute Gasteiger partial charge is 0.0229 e. The van der Waals surface area contributed by atoms with Crippen LogP contribution in [0.25, 0.3) is 0 Å². The molecule has 0 heteroatoms. The van der Waals surface area contributed by atoms with E-state index >= 15 is 0 Å². The highest BCUT2D eigenvalue weighted by Crippen LogP contribution is 2.23. The molecule has 0 radical (unpaired) electrons. The highest BCUT2D eigenvalue weighted by Gasteiger charge is 2.10. The van der Waals surface area contributed by atoms with Crippen molar-refractivity contribution in [1.82, 2.24) is 0 Å². The molecule has 11 heavy (non-hydrogen) atoms. The first-order valence-electron chi connectivity index (χ1n) is 4.63. The van der Waals surface area contributed by atoms with Crippen molar-refractivity contribution in [1.29, 1.82) is 0 Å². The van der Waals surface area contributed by atoms with Crippen molar-refractivity contribution >= 4 is 0 Å². The summed E-state index contributed by atoms with van der Waals surface area (Å²) in [7, 11) is 0. The lowest BCUT2D eigenvalue weighted by Crippen LogP contribution is -2.07. The average Bonchev–Trinajstić information content (AvgIpc) is 1.84. The Morgan fingerprint density at radius 3 is 1.82 bits per heavy atom. The highest BCUT2D eigenvalue weighted by atomic mass is 14.2. The van der Waals surface area contributed by atoms with Crippen LogP contribution in [-0.2, 0) is 0 Å². The Kier molecular flexibility index (Phi) is 4.48. The minimum atomic E-state index is 0.642. The minimum absolute atomic E-state index is 0.642. The first-order valence-corrected chi connectivity index (χ1v) is 4.63. The molecule has 1 atom stereocenters. The van der Waals surface area contributed by atoms with Gasteiger partial charge in [-0.25, -0.2) is 0 Å². The number of allylic oxidation sites excluding steroid dienone is 1. The average molecular weight is 154 g/mol. The number of rotatable bonds is 4. The quantitative estimate of drug-likeness (QED) is 0.539. The Morgan fingerprint density at radius 1 is 1.09 bits per heavy atom. The van der Waals surface area contributed by atoms with E-state index in [4.69, 9.17) is 0 Å². The molecule has 0 nitrogen and oxygen atoms in total. The summed E-state index contributed by atoms with van der Waals surface area (Å²) in [6.07, 6.45) is 1.27. The Bertz CT molecular complexity index is 120. The van der Waals surface area contributed by atoms with Crippen LogP contribution >= 0.6 is 0 Å². The van der Waals surface area contributed by atoms with E-state index in [0.717, 1.165) is 5.92 Å². The van der Waals surface area contributed by atoms with Crippen molar-refractivity contribution in [3.63, 3.8) is 0 Å². The molecule has 0 saturated heterocycles. The molecule has 0 aliphatic rings. The molecule has 0 aliphatic heterocycles. The molecule has 66 valence electrons. The van der Waals surface area contributed by atoms with E-state index in [1.165, 1.54) is 12.0 Å². The van der Waals surface area contributed by atoms with Crippen molar-refractivity contribution in [3.05, 3.63) is 12.2 Å². The second-order valence-corrected chi connectivity index (χ2v) is 4.26. The Morgan fingerprint density at radius 2 is 1.55 bits per heavy atom. The molecule has 0 rings (SSSR count). The van der Waals surface area contributed by atoms with Crippen molar-refractivity contribution in [2.24, 2.45) is 17.8 Å². The fourth-order valence-electron chi connectivity index (χ4n) is 1.43. The third kappa shape index (κ3) is 4.23. The van der Waals surface area contributed by atoms with Gasteiger partial charge in [-0.15, -0.1) is 0 Å². The van der Waals surface area contributed by atoms with Crippen LogP contribution in [0.5, 0.6) is 0 Å². The number of hydrogen-bond donors (Lipinski definition) is 0. The molecular weight excluding hydrogens is 132 g/mol. The molecule has 0 saturated carbocycles. The van der Waals surface area contributed by atoms with Gasteiger partial charge in [0.2, 0.25) is 0 Å². The normalized spacial score (nSPS) is 14.1. The van der Waals surface area contributed by atoms with Gasteiger partial charge in [-0.1, -0.05) is 46.8 Å². The molecule has 0 bridgehead atoms. The largest absolute Gasteiger partial charge is 0.0993 e. The zero-order valence-corrected chi connectivity index (χ0v) is 8.65. The van der Waals surface area contributed by atoms with Crippen molar-refractivity contribution in [2.45, 2.75) is 41.0 Å². The third-order valence-corrected chi connectivity index (χ3v) is 2.20. The van der Waals surface area contributed by atoms with Gasteiger partial charge in [-0.3, -0.25) is 0 Å². The topological polar surface area (TPSA) is 0 Å². The fraction of sp³-hybridized carbons (Fsp3) is 0.818. The first kappa shape index (κ1) is 10.7. The van der Waals surface area contributed by atoms with Crippen molar-refractivity contribution in [3.8, 4) is 0 Å². The molecule has 0 fully saturated rings. The molecule has 0 heterocycles. The summed E-state index contributed by atoms with van der Waals surface area (Å²) in [5.41, 5.74) is 1.40. The van der Waals surface area contributed by atoms with Crippen LogP contribution < -0.4 is 0 Å². The van der Waals surface area contributed by atoms with Gasteiger partial charge in [0.1, 0.15) is 0 Å². The van der Waals surface area contributed by atoms with Crippen molar-refractivity contribution < 1.29 is 0 Å².